The minimum absolute atomic E-state index is 0.0673. The van der Waals surface area contributed by atoms with E-state index in [1.165, 1.54) is 12.3 Å². The van der Waals surface area contributed by atoms with Gasteiger partial charge in [0.1, 0.15) is 5.49 Å². The SMILES string of the molecule is CC.Cc1cccc(-c2ccccc2-c2ccc(=N)n(C(=N)C(=O)O)c2)n1. The number of carboxylic acid groups (broad SMARTS) is 1. The van der Waals surface area contributed by atoms with E-state index in [1.807, 2.05) is 63.2 Å². The average Bonchev–Trinajstić information content (AvgIpc) is 2.69. The maximum atomic E-state index is 11.1. The lowest BCUT2D eigenvalue weighted by Crippen LogP contribution is -2.31. The highest BCUT2D eigenvalue weighted by atomic mass is 16.4. The van der Waals surface area contributed by atoms with Crippen molar-refractivity contribution in [1.82, 2.24) is 9.55 Å². The second-order valence-corrected chi connectivity index (χ2v) is 5.54. The second kappa shape index (κ2) is 8.71. The minimum atomic E-state index is -1.38. The molecule has 1 aromatic carbocycles. The number of aliphatic carboxylic acids is 1. The smallest absolute Gasteiger partial charge is 0.371 e. The highest BCUT2D eigenvalue weighted by molar-refractivity contribution is 6.33. The summed E-state index contributed by atoms with van der Waals surface area (Å²) in [6, 6.07) is 16.6. The first-order valence-corrected chi connectivity index (χ1v) is 8.60. The summed E-state index contributed by atoms with van der Waals surface area (Å²) in [6.45, 7) is 5.92. The van der Waals surface area contributed by atoms with Crippen LogP contribution >= 0.6 is 0 Å². The van der Waals surface area contributed by atoms with Crippen LogP contribution in [0, 0.1) is 17.7 Å². The number of carboxylic acids is 1. The van der Waals surface area contributed by atoms with Crippen molar-refractivity contribution < 1.29 is 9.90 Å². The Kier molecular flexibility index (Phi) is 6.38. The fraction of sp³-hybridized carbons (Fsp3) is 0.143. The van der Waals surface area contributed by atoms with E-state index in [2.05, 4.69) is 4.98 Å². The van der Waals surface area contributed by atoms with Crippen molar-refractivity contribution in [1.29, 1.82) is 10.8 Å². The third-order valence-corrected chi connectivity index (χ3v) is 3.79. The highest BCUT2D eigenvalue weighted by Gasteiger charge is 2.13. The Morgan fingerprint density at radius 1 is 1.00 bits per heavy atom. The number of pyridine rings is 2. The zero-order valence-electron chi connectivity index (χ0n) is 15.5. The minimum Gasteiger partial charge on any atom is -0.475 e. The molecule has 0 spiro atoms. The molecule has 6 nitrogen and oxygen atoms in total. The Bertz CT molecular complexity index is 1040. The van der Waals surface area contributed by atoms with E-state index < -0.39 is 11.8 Å². The number of nitrogens with one attached hydrogen (secondary N) is 2. The summed E-state index contributed by atoms with van der Waals surface area (Å²) in [4.78, 5) is 15.6. The Balaban J connectivity index is 0.00000126. The van der Waals surface area contributed by atoms with Gasteiger partial charge < -0.3 is 5.11 Å². The third-order valence-electron chi connectivity index (χ3n) is 3.79. The molecule has 0 aliphatic carbocycles. The fourth-order valence-corrected chi connectivity index (χ4v) is 2.60. The van der Waals surface area contributed by atoms with Crippen molar-refractivity contribution in [3.8, 4) is 22.4 Å². The van der Waals surface area contributed by atoms with Crippen molar-refractivity contribution in [3.05, 3.63) is 72.0 Å². The predicted molar refractivity (Wildman–Crippen MR) is 106 cm³/mol. The van der Waals surface area contributed by atoms with E-state index in [0.29, 0.717) is 5.56 Å². The standard InChI is InChI=1S/C19H16N4O2.C2H6/c1-12-5-4-8-16(22-12)15-7-3-2-6-14(15)13-9-10-17(20)23(11-13)18(21)19(24)25;1-2/h2-11,20-21H,1H3,(H,24,25);1-2H3. The molecule has 0 aliphatic heterocycles. The van der Waals surface area contributed by atoms with E-state index in [4.69, 9.17) is 15.9 Å². The monoisotopic (exact) mass is 362 g/mol. The molecule has 138 valence electrons. The van der Waals surface area contributed by atoms with Gasteiger partial charge in [-0.2, -0.15) is 0 Å². The van der Waals surface area contributed by atoms with Crippen molar-refractivity contribution in [2.24, 2.45) is 0 Å². The van der Waals surface area contributed by atoms with Crippen LogP contribution in [0.25, 0.3) is 22.4 Å². The summed E-state index contributed by atoms with van der Waals surface area (Å²) in [6.07, 6.45) is 1.49. The molecule has 3 rings (SSSR count). The summed E-state index contributed by atoms with van der Waals surface area (Å²) in [5.74, 6) is -2.05. The molecule has 0 unspecified atom stereocenters. The number of hydrogen-bond donors (Lipinski definition) is 3. The molecule has 3 aromatic rings. The zero-order chi connectivity index (χ0) is 20.0. The van der Waals surface area contributed by atoms with Crippen LogP contribution < -0.4 is 5.49 Å². The van der Waals surface area contributed by atoms with Crippen molar-refractivity contribution >= 4 is 11.8 Å². The predicted octanol–water partition coefficient (Wildman–Crippen LogP) is 3.94. The molecule has 0 saturated carbocycles. The molecule has 6 heteroatoms. The molecular formula is C21H22N4O2. The third kappa shape index (κ3) is 4.36. The Hall–Kier alpha value is -3.54. The summed E-state index contributed by atoms with van der Waals surface area (Å²) < 4.78 is 1.04. The normalized spacial score (nSPS) is 9.89. The summed E-state index contributed by atoms with van der Waals surface area (Å²) in [5, 5.41) is 24.6. The van der Waals surface area contributed by atoms with Crippen LogP contribution in [0.5, 0.6) is 0 Å². The van der Waals surface area contributed by atoms with Gasteiger partial charge in [-0.3, -0.25) is 20.4 Å². The van der Waals surface area contributed by atoms with Gasteiger partial charge in [0.05, 0.1) is 5.69 Å². The average molecular weight is 362 g/mol. The van der Waals surface area contributed by atoms with Gasteiger partial charge in [-0.15, -0.1) is 0 Å². The number of aryl methyl sites for hydroxylation is 1. The van der Waals surface area contributed by atoms with Gasteiger partial charge in [0.2, 0.25) is 5.84 Å². The maximum Gasteiger partial charge on any atom is 0.371 e. The molecule has 27 heavy (non-hydrogen) atoms. The maximum absolute atomic E-state index is 11.1. The molecule has 0 saturated heterocycles. The van der Waals surface area contributed by atoms with Gasteiger partial charge in [0.25, 0.3) is 0 Å². The van der Waals surface area contributed by atoms with Crippen LogP contribution in [0.3, 0.4) is 0 Å². The van der Waals surface area contributed by atoms with Crippen molar-refractivity contribution in [2.75, 3.05) is 0 Å². The summed E-state index contributed by atoms with van der Waals surface area (Å²) >= 11 is 0. The Labute approximate surface area is 157 Å². The lowest BCUT2D eigenvalue weighted by Gasteiger charge is -2.12. The van der Waals surface area contributed by atoms with Gasteiger partial charge in [-0.1, -0.05) is 44.2 Å². The van der Waals surface area contributed by atoms with E-state index in [1.54, 1.807) is 6.07 Å². The fourth-order valence-electron chi connectivity index (χ4n) is 2.60. The van der Waals surface area contributed by atoms with E-state index in [9.17, 15) is 4.79 Å². The molecule has 0 bridgehead atoms. The van der Waals surface area contributed by atoms with Crippen molar-refractivity contribution in [2.45, 2.75) is 20.8 Å². The van der Waals surface area contributed by atoms with E-state index in [-0.39, 0.29) is 5.49 Å². The lowest BCUT2D eigenvalue weighted by atomic mass is 9.98. The van der Waals surface area contributed by atoms with Crippen molar-refractivity contribution in [3.63, 3.8) is 0 Å². The van der Waals surface area contributed by atoms with E-state index in [0.717, 1.165) is 27.1 Å². The first-order valence-electron chi connectivity index (χ1n) is 8.60. The molecule has 0 atom stereocenters. The van der Waals surface area contributed by atoms with Crippen LogP contribution in [0.15, 0.2) is 60.8 Å². The molecule has 0 aliphatic rings. The molecule has 3 N–H and O–H groups in total. The van der Waals surface area contributed by atoms with Gasteiger partial charge in [-0.05, 0) is 42.3 Å². The summed E-state index contributed by atoms with van der Waals surface area (Å²) in [5.41, 5.74) is 4.11. The molecule has 0 fully saturated rings. The first kappa shape index (κ1) is 19.8. The van der Waals surface area contributed by atoms with Crippen LogP contribution in [-0.2, 0) is 4.79 Å². The number of nitrogens with zero attached hydrogens (tertiary/aromatic N) is 2. The molecular weight excluding hydrogens is 340 g/mol. The van der Waals surface area contributed by atoms with Crippen LogP contribution in [0.4, 0.5) is 0 Å². The number of hydrogen-bond acceptors (Lipinski definition) is 4. The Morgan fingerprint density at radius 2 is 1.67 bits per heavy atom. The Morgan fingerprint density at radius 3 is 2.30 bits per heavy atom. The van der Waals surface area contributed by atoms with Gasteiger partial charge in [-0.25, -0.2) is 4.79 Å². The quantitative estimate of drug-likeness (QED) is 0.475. The molecule has 2 heterocycles. The zero-order valence-corrected chi connectivity index (χ0v) is 15.5. The van der Waals surface area contributed by atoms with Gasteiger partial charge >= 0.3 is 5.97 Å². The first-order chi connectivity index (χ1) is 13.0. The number of aromatic nitrogens is 2. The molecule has 0 radical (unpaired) electrons. The van der Waals surface area contributed by atoms with Crippen LogP contribution in [0.2, 0.25) is 0 Å². The van der Waals surface area contributed by atoms with Gasteiger partial charge in [0, 0.05) is 17.5 Å². The van der Waals surface area contributed by atoms with Crippen LogP contribution in [0.1, 0.15) is 19.5 Å². The molecule has 0 amide bonds. The highest BCUT2D eigenvalue weighted by Crippen LogP contribution is 2.30. The van der Waals surface area contributed by atoms with Gasteiger partial charge in [0.15, 0.2) is 0 Å². The summed E-state index contributed by atoms with van der Waals surface area (Å²) in [7, 11) is 0. The number of rotatable bonds is 2. The second-order valence-electron chi connectivity index (χ2n) is 5.54. The van der Waals surface area contributed by atoms with Crippen LogP contribution in [-0.4, -0.2) is 26.5 Å². The topological polar surface area (TPSA) is 103 Å². The lowest BCUT2D eigenvalue weighted by molar-refractivity contribution is -0.129. The molecule has 2 aromatic heterocycles. The van der Waals surface area contributed by atoms with E-state index >= 15 is 0 Å². The largest absolute Gasteiger partial charge is 0.475 e. The number of benzene rings is 1. The number of carbonyl (C=O) groups is 1.